The van der Waals surface area contributed by atoms with Crippen LogP contribution >= 0.6 is 0 Å². The summed E-state index contributed by atoms with van der Waals surface area (Å²) in [4.78, 5) is 8.65. The fourth-order valence-corrected chi connectivity index (χ4v) is 2.97. The first-order chi connectivity index (χ1) is 13.3. The van der Waals surface area contributed by atoms with Gasteiger partial charge in [0.1, 0.15) is 5.75 Å². The molecule has 0 saturated carbocycles. The predicted molar refractivity (Wildman–Crippen MR) is 110 cm³/mol. The molecule has 1 heterocycles. The lowest BCUT2D eigenvalue weighted by Gasteiger charge is -2.12. The second kappa shape index (κ2) is 7.67. The molecule has 0 aliphatic rings. The third kappa shape index (κ3) is 3.77. The van der Waals surface area contributed by atoms with Crippen LogP contribution in [0, 0.1) is 0 Å². The summed E-state index contributed by atoms with van der Waals surface area (Å²) in [5, 5.41) is 10.9. The molecular weight excluding hydrogens is 332 g/mol. The second-order valence-electron chi connectivity index (χ2n) is 6.16. The summed E-state index contributed by atoms with van der Waals surface area (Å²) in [5.41, 5.74) is 5.18. The molecule has 0 saturated heterocycles. The van der Waals surface area contributed by atoms with Crippen LogP contribution in [0.1, 0.15) is 5.56 Å². The van der Waals surface area contributed by atoms with Gasteiger partial charge in [-0.05, 0) is 41.0 Å². The van der Waals surface area contributed by atoms with Crippen LogP contribution < -0.4 is 0 Å². The zero-order chi connectivity index (χ0) is 18.5. The Labute approximate surface area is 158 Å². The average molecular weight is 350 g/mol. The van der Waals surface area contributed by atoms with Crippen molar-refractivity contribution in [1.82, 2.24) is 4.98 Å². The highest BCUT2D eigenvalue weighted by Crippen LogP contribution is 2.41. The maximum Gasteiger partial charge on any atom is 0.131 e. The maximum atomic E-state index is 10.9. The summed E-state index contributed by atoms with van der Waals surface area (Å²) in [6.07, 6.45) is 5.28. The Kier molecular flexibility index (Phi) is 4.75. The molecular formula is C24H18N2O. The number of pyridine rings is 1. The molecule has 0 aliphatic carbocycles. The first-order valence-corrected chi connectivity index (χ1v) is 8.73. The second-order valence-corrected chi connectivity index (χ2v) is 6.16. The van der Waals surface area contributed by atoms with E-state index in [1.54, 1.807) is 18.6 Å². The van der Waals surface area contributed by atoms with Crippen LogP contribution in [0.25, 0.3) is 22.3 Å². The van der Waals surface area contributed by atoms with Crippen molar-refractivity contribution in [1.29, 1.82) is 0 Å². The quantitative estimate of drug-likeness (QED) is 0.468. The number of nitrogens with zero attached hydrogens (tertiary/aromatic N) is 2. The highest BCUT2D eigenvalue weighted by atomic mass is 16.3. The van der Waals surface area contributed by atoms with Crippen molar-refractivity contribution in [2.45, 2.75) is 0 Å². The SMILES string of the molecule is Oc1c(-c2ccccc2)cc(N=Cc2ccncc2)cc1-c1ccccc1. The van der Waals surface area contributed by atoms with Gasteiger partial charge in [-0.15, -0.1) is 0 Å². The van der Waals surface area contributed by atoms with Gasteiger partial charge >= 0.3 is 0 Å². The molecule has 0 spiro atoms. The Morgan fingerprint density at radius 2 is 1.22 bits per heavy atom. The van der Waals surface area contributed by atoms with E-state index in [4.69, 9.17) is 0 Å². The largest absolute Gasteiger partial charge is 0.507 e. The lowest BCUT2D eigenvalue weighted by molar-refractivity contribution is 0.479. The fraction of sp³-hybridized carbons (Fsp3) is 0. The molecule has 0 radical (unpaired) electrons. The normalized spacial score (nSPS) is 11.0. The van der Waals surface area contributed by atoms with Gasteiger partial charge in [-0.25, -0.2) is 0 Å². The van der Waals surface area contributed by atoms with Crippen molar-refractivity contribution in [3.63, 3.8) is 0 Å². The zero-order valence-electron chi connectivity index (χ0n) is 14.7. The summed E-state index contributed by atoms with van der Waals surface area (Å²) in [7, 11) is 0. The lowest BCUT2D eigenvalue weighted by atomic mass is 9.96. The minimum absolute atomic E-state index is 0.260. The van der Waals surface area contributed by atoms with Gasteiger partial charge in [0, 0.05) is 29.7 Å². The first kappa shape index (κ1) is 16.7. The van der Waals surface area contributed by atoms with E-state index < -0.39 is 0 Å². The van der Waals surface area contributed by atoms with Crippen molar-refractivity contribution in [3.05, 3.63) is 103 Å². The van der Waals surface area contributed by atoms with E-state index in [1.165, 1.54) is 0 Å². The monoisotopic (exact) mass is 350 g/mol. The van der Waals surface area contributed by atoms with Crippen LogP contribution in [0.5, 0.6) is 5.75 Å². The Morgan fingerprint density at radius 1 is 0.704 bits per heavy atom. The molecule has 0 unspecified atom stereocenters. The van der Waals surface area contributed by atoms with Crippen LogP contribution in [0.15, 0.2) is 102 Å². The molecule has 0 fully saturated rings. The average Bonchev–Trinajstić information content (AvgIpc) is 2.75. The summed E-state index contributed by atoms with van der Waals surface area (Å²) in [6, 6.07) is 27.3. The van der Waals surface area contributed by atoms with Crippen molar-refractivity contribution in [2.75, 3.05) is 0 Å². The Morgan fingerprint density at radius 3 is 1.74 bits per heavy atom. The van der Waals surface area contributed by atoms with E-state index in [0.29, 0.717) is 0 Å². The molecule has 3 heteroatoms. The van der Waals surface area contributed by atoms with Gasteiger partial charge in [0.25, 0.3) is 0 Å². The molecule has 3 aromatic carbocycles. The molecule has 1 aromatic heterocycles. The number of rotatable bonds is 4. The van der Waals surface area contributed by atoms with Crippen LogP contribution in [0.2, 0.25) is 0 Å². The van der Waals surface area contributed by atoms with E-state index in [1.807, 2.05) is 84.9 Å². The standard InChI is InChI=1S/C24H18N2O/c27-24-22(19-7-3-1-4-8-19)15-21(26-17-18-11-13-25-14-12-18)16-23(24)20-9-5-2-6-10-20/h1-17,27H. The molecule has 0 bridgehead atoms. The summed E-state index contributed by atoms with van der Waals surface area (Å²) < 4.78 is 0. The van der Waals surface area contributed by atoms with Gasteiger partial charge in [-0.1, -0.05) is 60.7 Å². The number of phenols is 1. The van der Waals surface area contributed by atoms with Gasteiger partial charge in [0.15, 0.2) is 0 Å². The van der Waals surface area contributed by atoms with E-state index in [-0.39, 0.29) is 5.75 Å². The number of hydrogen-bond donors (Lipinski definition) is 1. The smallest absolute Gasteiger partial charge is 0.131 e. The van der Waals surface area contributed by atoms with E-state index in [2.05, 4.69) is 9.98 Å². The summed E-state index contributed by atoms with van der Waals surface area (Å²) in [5.74, 6) is 0.260. The third-order valence-electron chi connectivity index (χ3n) is 4.33. The Hall–Kier alpha value is -3.72. The predicted octanol–water partition coefficient (Wildman–Crippen LogP) is 5.87. The minimum Gasteiger partial charge on any atom is -0.507 e. The number of aromatic hydroxyl groups is 1. The maximum absolute atomic E-state index is 10.9. The van der Waals surface area contributed by atoms with Gasteiger partial charge in [0.2, 0.25) is 0 Å². The number of aromatic nitrogens is 1. The van der Waals surface area contributed by atoms with Gasteiger partial charge in [0.05, 0.1) is 5.69 Å². The highest BCUT2D eigenvalue weighted by molar-refractivity contribution is 5.88. The van der Waals surface area contributed by atoms with Gasteiger partial charge in [-0.2, -0.15) is 0 Å². The number of hydrogen-bond acceptors (Lipinski definition) is 3. The minimum atomic E-state index is 0.260. The topological polar surface area (TPSA) is 45.5 Å². The molecule has 0 aliphatic heterocycles. The highest BCUT2D eigenvalue weighted by Gasteiger charge is 2.13. The molecule has 130 valence electrons. The number of aliphatic imine (C=N–C) groups is 1. The van der Waals surface area contributed by atoms with Crippen LogP contribution in [-0.4, -0.2) is 16.3 Å². The molecule has 1 N–H and O–H groups in total. The van der Waals surface area contributed by atoms with Crippen molar-refractivity contribution < 1.29 is 5.11 Å². The summed E-state index contributed by atoms with van der Waals surface area (Å²) in [6.45, 7) is 0. The molecule has 4 aromatic rings. The molecule has 3 nitrogen and oxygen atoms in total. The van der Waals surface area contributed by atoms with Crippen molar-refractivity contribution in [3.8, 4) is 28.0 Å². The van der Waals surface area contributed by atoms with Crippen LogP contribution in [-0.2, 0) is 0 Å². The van der Waals surface area contributed by atoms with Crippen LogP contribution in [0.4, 0.5) is 5.69 Å². The van der Waals surface area contributed by atoms with E-state index in [9.17, 15) is 5.11 Å². The Bertz CT molecular complexity index is 999. The van der Waals surface area contributed by atoms with E-state index in [0.717, 1.165) is 33.5 Å². The molecule has 0 amide bonds. The molecule has 0 atom stereocenters. The lowest BCUT2D eigenvalue weighted by Crippen LogP contribution is -1.86. The van der Waals surface area contributed by atoms with Crippen molar-refractivity contribution >= 4 is 11.9 Å². The third-order valence-corrected chi connectivity index (χ3v) is 4.33. The Balaban J connectivity index is 1.85. The molecule has 27 heavy (non-hydrogen) atoms. The number of phenolic OH excluding ortho intramolecular Hbond substituents is 1. The summed E-state index contributed by atoms with van der Waals surface area (Å²) >= 11 is 0. The first-order valence-electron chi connectivity index (χ1n) is 8.73. The van der Waals surface area contributed by atoms with Crippen molar-refractivity contribution in [2.24, 2.45) is 4.99 Å². The van der Waals surface area contributed by atoms with E-state index >= 15 is 0 Å². The zero-order valence-corrected chi connectivity index (χ0v) is 14.7. The van der Waals surface area contributed by atoms with Gasteiger partial charge in [-0.3, -0.25) is 9.98 Å². The molecule has 4 rings (SSSR count). The van der Waals surface area contributed by atoms with Gasteiger partial charge < -0.3 is 5.11 Å². The fourth-order valence-electron chi connectivity index (χ4n) is 2.97. The van der Waals surface area contributed by atoms with Crippen LogP contribution in [0.3, 0.4) is 0 Å². The number of benzene rings is 3.